The van der Waals surface area contributed by atoms with E-state index in [1.54, 1.807) is 6.92 Å². The molecule has 1 rings (SSSR count). The average Bonchev–Trinajstić information content (AvgIpc) is 2.60. The van der Waals surface area contributed by atoms with Gasteiger partial charge in [0, 0.05) is 17.6 Å². The van der Waals surface area contributed by atoms with Gasteiger partial charge >= 0.3 is 0 Å². The molecule has 0 aliphatic heterocycles. The van der Waals surface area contributed by atoms with Crippen LogP contribution in [0.5, 0.6) is 0 Å². The quantitative estimate of drug-likeness (QED) is 0.648. The van der Waals surface area contributed by atoms with Crippen molar-refractivity contribution in [3.05, 3.63) is 29.8 Å². The molecule has 0 aliphatic carbocycles. The first-order valence-electron chi connectivity index (χ1n) is 8.59. The van der Waals surface area contributed by atoms with Crippen LogP contribution in [-0.2, 0) is 4.79 Å². The summed E-state index contributed by atoms with van der Waals surface area (Å²) in [5.41, 5.74) is 1.36. The molecule has 1 amide bonds. The molecule has 24 heavy (non-hydrogen) atoms. The number of hydrogen-bond donors (Lipinski definition) is 3. The van der Waals surface area contributed by atoms with Gasteiger partial charge in [0.2, 0.25) is 5.91 Å². The largest absolute Gasteiger partial charge is 0.396 e. The van der Waals surface area contributed by atoms with E-state index in [0.717, 1.165) is 17.7 Å². The molecule has 0 radical (unpaired) electrons. The van der Waals surface area contributed by atoms with Crippen molar-refractivity contribution in [2.75, 3.05) is 32.1 Å². The topological polar surface area (TPSA) is 72.8 Å². The fraction of sp³-hybridized carbons (Fsp3) is 0.632. The molecule has 0 fully saturated rings. The van der Waals surface area contributed by atoms with Crippen molar-refractivity contribution < 1.29 is 15.0 Å². The van der Waals surface area contributed by atoms with Gasteiger partial charge in [-0.1, -0.05) is 39.0 Å². The smallest absolute Gasteiger partial charge is 0.241 e. The summed E-state index contributed by atoms with van der Waals surface area (Å²) in [6.45, 7) is 8.08. The molecule has 0 bridgehead atoms. The highest BCUT2D eigenvalue weighted by Crippen LogP contribution is 2.27. The van der Waals surface area contributed by atoms with E-state index >= 15 is 0 Å². The summed E-state index contributed by atoms with van der Waals surface area (Å²) in [7, 11) is 1.83. The maximum Gasteiger partial charge on any atom is 0.241 e. The van der Waals surface area contributed by atoms with Gasteiger partial charge in [0.25, 0.3) is 0 Å². The summed E-state index contributed by atoms with van der Waals surface area (Å²) < 4.78 is 0. The van der Waals surface area contributed by atoms with Gasteiger partial charge in [-0.2, -0.15) is 0 Å². The van der Waals surface area contributed by atoms with Gasteiger partial charge in [-0.05, 0) is 37.9 Å². The normalized spacial score (nSPS) is 14.5. The van der Waals surface area contributed by atoms with Crippen LogP contribution in [0.25, 0.3) is 0 Å². The Morgan fingerprint density at radius 1 is 1.25 bits per heavy atom. The molecule has 0 saturated heterocycles. The Labute approximate surface area is 145 Å². The maximum absolute atomic E-state index is 12.6. The molecule has 0 spiro atoms. The van der Waals surface area contributed by atoms with Gasteiger partial charge in [-0.15, -0.1) is 0 Å². The second-order valence-corrected chi connectivity index (χ2v) is 7.10. The predicted molar refractivity (Wildman–Crippen MR) is 98.1 cm³/mol. The van der Waals surface area contributed by atoms with E-state index in [1.807, 2.05) is 43.1 Å². The number of benzene rings is 1. The Morgan fingerprint density at radius 3 is 2.38 bits per heavy atom. The van der Waals surface area contributed by atoms with E-state index in [4.69, 9.17) is 0 Å². The maximum atomic E-state index is 12.6. The SMILES string of the molecule is CCC(C)c1ccccc1NC(=O)C(C)N(C)CC(C)(CO)CO. The number of amides is 1. The Balaban J connectivity index is 2.81. The lowest BCUT2D eigenvalue weighted by Gasteiger charge is -2.33. The number of para-hydroxylation sites is 1. The van der Waals surface area contributed by atoms with E-state index in [2.05, 4.69) is 19.2 Å². The number of aliphatic hydroxyl groups is 2. The minimum atomic E-state index is -0.627. The number of rotatable bonds is 9. The van der Waals surface area contributed by atoms with Crippen LogP contribution in [0.15, 0.2) is 24.3 Å². The number of hydrogen-bond acceptors (Lipinski definition) is 4. The van der Waals surface area contributed by atoms with Gasteiger partial charge in [-0.25, -0.2) is 0 Å². The zero-order valence-electron chi connectivity index (χ0n) is 15.5. The lowest BCUT2D eigenvalue weighted by atomic mass is 9.92. The lowest BCUT2D eigenvalue weighted by molar-refractivity contribution is -0.121. The molecule has 3 N–H and O–H groups in total. The zero-order chi connectivity index (χ0) is 18.3. The number of likely N-dealkylation sites (N-methyl/N-ethyl adjacent to an activating group) is 1. The molecule has 0 aliphatic rings. The van der Waals surface area contributed by atoms with Gasteiger partial charge in [0.1, 0.15) is 0 Å². The highest BCUT2D eigenvalue weighted by atomic mass is 16.3. The lowest BCUT2D eigenvalue weighted by Crippen LogP contribution is -2.47. The summed E-state index contributed by atoms with van der Waals surface area (Å²) in [6.07, 6.45) is 1.01. The van der Waals surface area contributed by atoms with E-state index in [0.29, 0.717) is 12.5 Å². The van der Waals surface area contributed by atoms with Gasteiger partial charge in [0.15, 0.2) is 0 Å². The van der Waals surface area contributed by atoms with Crippen LogP contribution in [0.1, 0.15) is 45.6 Å². The third-order valence-electron chi connectivity index (χ3n) is 4.80. The van der Waals surface area contributed by atoms with E-state index < -0.39 is 5.41 Å². The number of anilines is 1. The number of nitrogens with one attached hydrogen (secondary N) is 1. The number of carbonyl (C=O) groups is 1. The van der Waals surface area contributed by atoms with Crippen LogP contribution in [-0.4, -0.2) is 53.9 Å². The molecule has 2 atom stereocenters. The summed E-state index contributed by atoms with van der Waals surface area (Å²) in [4.78, 5) is 14.5. The predicted octanol–water partition coefficient (Wildman–Crippen LogP) is 2.45. The van der Waals surface area contributed by atoms with Crippen LogP contribution in [0.4, 0.5) is 5.69 Å². The fourth-order valence-electron chi connectivity index (χ4n) is 2.59. The second-order valence-electron chi connectivity index (χ2n) is 7.10. The first-order valence-corrected chi connectivity index (χ1v) is 8.59. The second kappa shape index (κ2) is 9.16. The molecule has 0 heterocycles. The molecule has 136 valence electrons. The fourth-order valence-corrected chi connectivity index (χ4v) is 2.59. The third kappa shape index (κ3) is 5.30. The van der Waals surface area contributed by atoms with Crippen molar-refractivity contribution in [1.29, 1.82) is 0 Å². The first-order chi connectivity index (χ1) is 11.3. The third-order valence-corrected chi connectivity index (χ3v) is 4.80. The number of nitrogens with zero attached hydrogens (tertiary/aromatic N) is 1. The van der Waals surface area contributed by atoms with Crippen LogP contribution in [0, 0.1) is 5.41 Å². The Kier molecular flexibility index (Phi) is 7.87. The average molecular weight is 336 g/mol. The van der Waals surface area contributed by atoms with Crippen molar-refractivity contribution in [1.82, 2.24) is 4.90 Å². The van der Waals surface area contributed by atoms with Crippen molar-refractivity contribution in [3.63, 3.8) is 0 Å². The van der Waals surface area contributed by atoms with Crippen molar-refractivity contribution in [3.8, 4) is 0 Å². The summed E-state index contributed by atoms with van der Waals surface area (Å²) in [5, 5.41) is 21.9. The Bertz CT molecular complexity index is 529. The minimum Gasteiger partial charge on any atom is -0.396 e. The Hall–Kier alpha value is -1.43. The van der Waals surface area contributed by atoms with Crippen LogP contribution in [0.3, 0.4) is 0 Å². The standard InChI is InChI=1S/C19H32N2O3/c1-6-14(2)16-9-7-8-10-17(16)20-18(24)15(3)21(5)11-19(4,12-22)13-23/h7-10,14-15,22-23H,6,11-13H2,1-5H3,(H,20,24). The monoisotopic (exact) mass is 336 g/mol. The zero-order valence-corrected chi connectivity index (χ0v) is 15.5. The molecule has 2 unspecified atom stereocenters. The Morgan fingerprint density at radius 2 is 1.83 bits per heavy atom. The molecule has 5 heteroatoms. The first kappa shape index (κ1) is 20.6. The molecule has 1 aromatic rings. The van der Waals surface area contributed by atoms with E-state index in [-0.39, 0.29) is 25.2 Å². The number of carbonyl (C=O) groups excluding carboxylic acids is 1. The van der Waals surface area contributed by atoms with E-state index in [1.165, 1.54) is 0 Å². The van der Waals surface area contributed by atoms with Crippen molar-refractivity contribution >= 4 is 11.6 Å². The minimum absolute atomic E-state index is 0.0912. The molecule has 0 saturated carbocycles. The summed E-state index contributed by atoms with van der Waals surface area (Å²) >= 11 is 0. The molecule has 1 aromatic carbocycles. The van der Waals surface area contributed by atoms with Crippen LogP contribution in [0.2, 0.25) is 0 Å². The number of aliphatic hydroxyl groups excluding tert-OH is 2. The molecule has 5 nitrogen and oxygen atoms in total. The van der Waals surface area contributed by atoms with Crippen molar-refractivity contribution in [2.24, 2.45) is 5.41 Å². The highest BCUT2D eigenvalue weighted by Gasteiger charge is 2.28. The molecule has 0 aromatic heterocycles. The van der Waals surface area contributed by atoms with Crippen LogP contribution < -0.4 is 5.32 Å². The van der Waals surface area contributed by atoms with Crippen molar-refractivity contribution in [2.45, 2.75) is 46.1 Å². The molecular formula is C19H32N2O3. The van der Waals surface area contributed by atoms with Gasteiger partial charge in [-0.3, -0.25) is 9.69 Å². The summed E-state index contributed by atoms with van der Waals surface area (Å²) in [5.74, 6) is 0.285. The summed E-state index contributed by atoms with van der Waals surface area (Å²) in [6, 6.07) is 7.52. The molecular weight excluding hydrogens is 304 g/mol. The van der Waals surface area contributed by atoms with Gasteiger partial charge in [0.05, 0.1) is 19.3 Å². The van der Waals surface area contributed by atoms with Crippen LogP contribution >= 0.6 is 0 Å². The van der Waals surface area contributed by atoms with E-state index in [9.17, 15) is 15.0 Å². The van der Waals surface area contributed by atoms with Gasteiger partial charge < -0.3 is 15.5 Å². The highest BCUT2D eigenvalue weighted by molar-refractivity contribution is 5.95.